The molecule has 1 aromatic rings. The lowest BCUT2D eigenvalue weighted by molar-refractivity contribution is 0.344. The van der Waals surface area contributed by atoms with Crippen LogP contribution < -0.4 is 10.5 Å². The van der Waals surface area contributed by atoms with Gasteiger partial charge in [0.1, 0.15) is 5.75 Å². The van der Waals surface area contributed by atoms with Gasteiger partial charge in [0.15, 0.2) is 5.17 Å². The van der Waals surface area contributed by atoms with Crippen LogP contribution in [0.3, 0.4) is 0 Å². The van der Waals surface area contributed by atoms with Gasteiger partial charge in [-0.2, -0.15) is 0 Å². The maximum atomic E-state index is 5.55. The molecule has 2 N–H and O–H groups in total. The molecule has 0 aliphatic carbocycles. The quantitative estimate of drug-likeness (QED) is 0.484. The van der Waals surface area contributed by atoms with Crippen molar-refractivity contribution in [3.8, 4) is 5.75 Å². The molecule has 0 heterocycles. The molecule has 0 radical (unpaired) electrons. The second-order valence-electron chi connectivity index (χ2n) is 3.08. The van der Waals surface area contributed by atoms with Crippen LogP contribution in [0.2, 0.25) is 0 Å². The summed E-state index contributed by atoms with van der Waals surface area (Å²) in [5.41, 5.74) is 6.74. The van der Waals surface area contributed by atoms with Crippen LogP contribution in [0.1, 0.15) is 5.56 Å². The zero-order valence-electron chi connectivity index (χ0n) is 9.06. The SMILES string of the molecule is CN=C(N)SCCOc1cccc(C)c1. The fourth-order valence-electron chi connectivity index (χ4n) is 1.08. The predicted molar refractivity (Wildman–Crippen MR) is 66.7 cm³/mol. The number of rotatable bonds is 4. The molecule has 0 amide bonds. The second kappa shape index (κ2) is 6.35. The predicted octanol–water partition coefficient (Wildman–Crippen LogP) is 2.05. The summed E-state index contributed by atoms with van der Waals surface area (Å²) in [5, 5.41) is 0.600. The lowest BCUT2D eigenvalue weighted by Crippen LogP contribution is -2.10. The highest BCUT2D eigenvalue weighted by Gasteiger charge is 1.95. The van der Waals surface area contributed by atoms with Gasteiger partial charge in [-0.1, -0.05) is 23.9 Å². The van der Waals surface area contributed by atoms with E-state index in [4.69, 9.17) is 10.5 Å². The van der Waals surface area contributed by atoms with Crippen molar-refractivity contribution in [3.05, 3.63) is 29.8 Å². The summed E-state index contributed by atoms with van der Waals surface area (Å²) in [4.78, 5) is 3.85. The maximum absolute atomic E-state index is 5.55. The Morgan fingerprint density at radius 1 is 1.53 bits per heavy atom. The van der Waals surface area contributed by atoms with E-state index in [0.29, 0.717) is 11.8 Å². The number of hydrogen-bond acceptors (Lipinski definition) is 3. The van der Waals surface area contributed by atoms with Gasteiger partial charge in [0.2, 0.25) is 0 Å². The largest absolute Gasteiger partial charge is 0.493 e. The first-order valence-corrected chi connectivity index (χ1v) is 5.75. The van der Waals surface area contributed by atoms with E-state index in [0.717, 1.165) is 11.5 Å². The second-order valence-corrected chi connectivity index (χ2v) is 4.19. The summed E-state index contributed by atoms with van der Waals surface area (Å²) in [6, 6.07) is 8.00. The number of hydrogen-bond donors (Lipinski definition) is 1. The molecule has 0 aromatic heterocycles. The Labute approximate surface area is 94.7 Å². The van der Waals surface area contributed by atoms with Crippen molar-refractivity contribution < 1.29 is 4.74 Å². The first kappa shape index (κ1) is 11.9. The number of thioether (sulfide) groups is 1. The summed E-state index contributed by atoms with van der Waals surface area (Å²) in [5.74, 6) is 1.72. The van der Waals surface area contributed by atoms with E-state index < -0.39 is 0 Å². The Hall–Kier alpha value is -1.16. The number of ether oxygens (including phenoxy) is 1. The molecule has 15 heavy (non-hydrogen) atoms. The van der Waals surface area contributed by atoms with Crippen LogP contribution in [0.25, 0.3) is 0 Å². The van der Waals surface area contributed by atoms with Gasteiger partial charge in [0.25, 0.3) is 0 Å². The Morgan fingerprint density at radius 3 is 3.00 bits per heavy atom. The smallest absolute Gasteiger partial charge is 0.153 e. The molecule has 0 saturated heterocycles. The van der Waals surface area contributed by atoms with E-state index in [2.05, 4.69) is 4.99 Å². The molecule has 0 aliphatic heterocycles. The molecule has 0 spiro atoms. The van der Waals surface area contributed by atoms with Crippen LogP contribution in [0.15, 0.2) is 29.3 Å². The maximum Gasteiger partial charge on any atom is 0.153 e. The third kappa shape index (κ3) is 4.74. The number of aryl methyl sites for hydroxylation is 1. The highest BCUT2D eigenvalue weighted by molar-refractivity contribution is 8.13. The molecule has 0 fully saturated rings. The summed E-state index contributed by atoms with van der Waals surface area (Å²) in [6.45, 7) is 2.69. The zero-order valence-corrected chi connectivity index (χ0v) is 9.88. The minimum absolute atomic E-state index is 0.600. The van der Waals surface area contributed by atoms with E-state index >= 15 is 0 Å². The molecule has 3 nitrogen and oxygen atoms in total. The lowest BCUT2D eigenvalue weighted by Gasteiger charge is -2.06. The monoisotopic (exact) mass is 224 g/mol. The third-order valence-electron chi connectivity index (χ3n) is 1.81. The fraction of sp³-hybridized carbons (Fsp3) is 0.364. The molecule has 0 unspecified atom stereocenters. The molecule has 82 valence electrons. The highest BCUT2D eigenvalue weighted by atomic mass is 32.2. The average molecular weight is 224 g/mol. The van der Waals surface area contributed by atoms with Gasteiger partial charge in [-0.3, -0.25) is 4.99 Å². The van der Waals surface area contributed by atoms with Crippen LogP contribution in [-0.2, 0) is 0 Å². The zero-order chi connectivity index (χ0) is 11.1. The van der Waals surface area contributed by atoms with Gasteiger partial charge in [-0.05, 0) is 24.6 Å². The molecule has 0 atom stereocenters. The number of nitrogens with zero attached hydrogens (tertiary/aromatic N) is 1. The molecular weight excluding hydrogens is 208 g/mol. The Bertz CT molecular complexity index is 339. The fourth-order valence-corrected chi connectivity index (χ4v) is 1.58. The minimum atomic E-state index is 0.600. The van der Waals surface area contributed by atoms with Gasteiger partial charge in [0, 0.05) is 12.8 Å². The summed E-state index contributed by atoms with van der Waals surface area (Å²) < 4.78 is 5.55. The number of amidine groups is 1. The molecule has 1 aromatic carbocycles. The first-order valence-electron chi connectivity index (χ1n) is 4.77. The van der Waals surface area contributed by atoms with E-state index in [1.54, 1.807) is 7.05 Å². The topological polar surface area (TPSA) is 47.6 Å². The van der Waals surface area contributed by atoms with Gasteiger partial charge in [-0.25, -0.2) is 0 Å². The van der Waals surface area contributed by atoms with Crippen molar-refractivity contribution in [3.63, 3.8) is 0 Å². The molecule has 4 heteroatoms. The third-order valence-corrected chi connectivity index (χ3v) is 2.66. The van der Waals surface area contributed by atoms with Crippen LogP contribution in [-0.4, -0.2) is 24.6 Å². The van der Waals surface area contributed by atoms with Crippen LogP contribution >= 0.6 is 11.8 Å². The van der Waals surface area contributed by atoms with Crippen molar-refractivity contribution in [2.75, 3.05) is 19.4 Å². The molecular formula is C11H16N2OS. The summed E-state index contributed by atoms with van der Waals surface area (Å²) >= 11 is 1.50. The molecule has 0 aliphatic rings. The normalized spacial score (nSPS) is 11.5. The van der Waals surface area contributed by atoms with Crippen molar-refractivity contribution in [2.24, 2.45) is 10.7 Å². The molecule has 0 bridgehead atoms. The van der Waals surface area contributed by atoms with Crippen molar-refractivity contribution >= 4 is 16.9 Å². The van der Waals surface area contributed by atoms with Crippen molar-refractivity contribution in [1.82, 2.24) is 0 Å². The Balaban J connectivity index is 2.26. The first-order chi connectivity index (χ1) is 7.22. The molecule has 0 saturated carbocycles. The molecule has 1 rings (SSSR count). The van der Waals surface area contributed by atoms with Gasteiger partial charge in [0.05, 0.1) is 6.61 Å². The number of benzene rings is 1. The highest BCUT2D eigenvalue weighted by Crippen LogP contribution is 2.12. The van der Waals surface area contributed by atoms with Gasteiger partial charge >= 0.3 is 0 Å². The van der Waals surface area contributed by atoms with Crippen molar-refractivity contribution in [2.45, 2.75) is 6.92 Å². The number of nitrogens with two attached hydrogens (primary N) is 1. The Morgan fingerprint density at radius 2 is 2.33 bits per heavy atom. The van der Waals surface area contributed by atoms with Gasteiger partial charge < -0.3 is 10.5 Å². The van der Waals surface area contributed by atoms with Gasteiger partial charge in [-0.15, -0.1) is 0 Å². The minimum Gasteiger partial charge on any atom is -0.493 e. The van der Waals surface area contributed by atoms with E-state index in [-0.39, 0.29) is 0 Å². The summed E-state index contributed by atoms with van der Waals surface area (Å²) in [7, 11) is 1.68. The standard InChI is InChI=1S/C11H16N2OS/c1-9-4-3-5-10(8-9)14-6-7-15-11(12)13-2/h3-5,8H,6-7H2,1-2H3,(H2,12,13). The summed E-state index contributed by atoms with van der Waals surface area (Å²) in [6.07, 6.45) is 0. The van der Waals surface area contributed by atoms with E-state index in [9.17, 15) is 0 Å². The van der Waals surface area contributed by atoms with Crippen LogP contribution in [0.4, 0.5) is 0 Å². The Kier molecular flexibility index (Phi) is 5.04. The average Bonchev–Trinajstić information content (AvgIpc) is 2.24. The van der Waals surface area contributed by atoms with E-state index in [1.165, 1.54) is 17.3 Å². The lowest BCUT2D eigenvalue weighted by atomic mass is 10.2. The number of aliphatic imine (C=N–C) groups is 1. The van der Waals surface area contributed by atoms with Crippen LogP contribution in [0.5, 0.6) is 5.75 Å². The van der Waals surface area contributed by atoms with E-state index in [1.807, 2.05) is 31.2 Å². The van der Waals surface area contributed by atoms with Crippen molar-refractivity contribution in [1.29, 1.82) is 0 Å². The van der Waals surface area contributed by atoms with Crippen LogP contribution in [0, 0.1) is 6.92 Å².